The number of phenolic OH excluding ortho intramolecular Hbond substituents is 1. The Labute approximate surface area is 125 Å². The van der Waals surface area contributed by atoms with E-state index in [1.807, 2.05) is 42.6 Å². The summed E-state index contributed by atoms with van der Waals surface area (Å²) in [5.41, 5.74) is 3.13. The molecule has 0 spiro atoms. The molecule has 0 aliphatic carbocycles. The maximum atomic E-state index is 9.27. The molecule has 0 aliphatic heterocycles. The number of rotatable bonds is 3. The third-order valence-corrected chi connectivity index (χ3v) is 3.61. The monoisotopic (exact) mass is 328 g/mol. The fourth-order valence-electron chi connectivity index (χ4n) is 2.03. The molecule has 3 rings (SSSR count). The van der Waals surface area contributed by atoms with E-state index < -0.39 is 0 Å². The number of aromatic amines is 1. The smallest absolute Gasteiger partial charge is 0.115 e. The van der Waals surface area contributed by atoms with E-state index in [0.717, 1.165) is 33.5 Å². The number of H-pyrrole nitrogens is 1. The normalized spacial score (nSPS) is 10.7. The number of nitrogens with zero attached hydrogens (tertiary/aromatic N) is 1. The van der Waals surface area contributed by atoms with Crippen molar-refractivity contribution in [1.29, 1.82) is 0 Å². The molecule has 0 atom stereocenters. The van der Waals surface area contributed by atoms with Gasteiger partial charge in [0.2, 0.25) is 0 Å². The molecule has 1 aromatic heterocycles. The van der Waals surface area contributed by atoms with E-state index in [2.05, 4.69) is 25.9 Å². The van der Waals surface area contributed by atoms with Gasteiger partial charge in [-0.1, -0.05) is 40.2 Å². The van der Waals surface area contributed by atoms with Gasteiger partial charge in [-0.05, 0) is 29.8 Å². The molecular formula is C16H13BrN2O. The molecule has 3 nitrogen and oxygen atoms in total. The van der Waals surface area contributed by atoms with E-state index in [-0.39, 0.29) is 5.75 Å². The highest BCUT2D eigenvalue weighted by atomic mass is 79.9. The largest absolute Gasteiger partial charge is 0.508 e. The number of benzene rings is 2. The molecule has 20 heavy (non-hydrogen) atoms. The number of nitrogens with one attached hydrogen (secondary N) is 1. The first-order valence-corrected chi connectivity index (χ1v) is 7.08. The number of hydrogen-bond acceptors (Lipinski definition) is 2. The second-order valence-electron chi connectivity index (χ2n) is 4.58. The third-order valence-electron chi connectivity index (χ3n) is 3.08. The van der Waals surface area contributed by atoms with Gasteiger partial charge < -0.3 is 10.1 Å². The molecule has 0 saturated heterocycles. The molecule has 0 amide bonds. The summed E-state index contributed by atoms with van der Waals surface area (Å²) in [4.78, 5) is 7.79. The van der Waals surface area contributed by atoms with Crippen LogP contribution in [0.5, 0.6) is 5.75 Å². The zero-order chi connectivity index (χ0) is 13.9. The lowest BCUT2D eigenvalue weighted by molar-refractivity contribution is 0.475. The number of hydrogen-bond donors (Lipinski definition) is 2. The molecule has 0 bridgehead atoms. The van der Waals surface area contributed by atoms with Crippen LogP contribution in [0, 0.1) is 0 Å². The maximum Gasteiger partial charge on any atom is 0.115 e. The fraction of sp³-hybridized carbons (Fsp3) is 0.0625. The van der Waals surface area contributed by atoms with Crippen LogP contribution in [0.3, 0.4) is 0 Å². The molecule has 3 aromatic rings. The Balaban J connectivity index is 1.80. The van der Waals surface area contributed by atoms with Gasteiger partial charge in [0.1, 0.15) is 11.6 Å². The highest BCUT2D eigenvalue weighted by Crippen LogP contribution is 2.21. The van der Waals surface area contributed by atoms with Crippen molar-refractivity contribution >= 4 is 15.9 Å². The zero-order valence-electron chi connectivity index (χ0n) is 10.7. The lowest BCUT2D eigenvalue weighted by Gasteiger charge is -1.99. The molecule has 1 heterocycles. The molecule has 0 aliphatic rings. The Bertz CT molecular complexity index is 702. The van der Waals surface area contributed by atoms with E-state index in [9.17, 15) is 5.11 Å². The number of aromatic hydroxyl groups is 1. The summed E-state index contributed by atoms with van der Waals surface area (Å²) < 4.78 is 1.06. The first kappa shape index (κ1) is 12.9. The minimum absolute atomic E-state index is 0.281. The predicted molar refractivity (Wildman–Crippen MR) is 82.6 cm³/mol. The van der Waals surface area contributed by atoms with Crippen LogP contribution in [0.4, 0.5) is 0 Å². The number of imidazole rings is 1. The fourth-order valence-corrected chi connectivity index (χ4v) is 2.29. The predicted octanol–water partition coefficient (Wildman–Crippen LogP) is 4.14. The summed E-state index contributed by atoms with van der Waals surface area (Å²) in [6, 6.07) is 15.2. The standard InChI is InChI=1S/C16H13BrN2O/c17-13-5-3-12(4-6-13)15-10-18-16(19-15)9-11-1-7-14(20)8-2-11/h1-8,10,20H,9H2,(H,18,19). The number of halogens is 1. The molecular weight excluding hydrogens is 316 g/mol. The van der Waals surface area contributed by atoms with Gasteiger partial charge in [0.15, 0.2) is 0 Å². The van der Waals surface area contributed by atoms with E-state index in [4.69, 9.17) is 0 Å². The minimum Gasteiger partial charge on any atom is -0.508 e. The third kappa shape index (κ3) is 2.91. The minimum atomic E-state index is 0.281. The van der Waals surface area contributed by atoms with Gasteiger partial charge >= 0.3 is 0 Å². The molecule has 0 fully saturated rings. The van der Waals surface area contributed by atoms with Gasteiger partial charge in [0.05, 0.1) is 5.69 Å². The first-order valence-electron chi connectivity index (χ1n) is 6.29. The molecule has 0 unspecified atom stereocenters. The van der Waals surface area contributed by atoms with E-state index >= 15 is 0 Å². The average molecular weight is 329 g/mol. The van der Waals surface area contributed by atoms with E-state index in [0.29, 0.717) is 0 Å². The summed E-state index contributed by atoms with van der Waals surface area (Å²) in [7, 11) is 0. The Morgan fingerprint density at radius 3 is 2.40 bits per heavy atom. The van der Waals surface area contributed by atoms with Gasteiger partial charge in [-0.3, -0.25) is 0 Å². The topological polar surface area (TPSA) is 48.9 Å². The van der Waals surface area contributed by atoms with Gasteiger partial charge in [-0.15, -0.1) is 0 Å². The summed E-state index contributed by atoms with van der Waals surface area (Å²) in [5.74, 6) is 1.19. The summed E-state index contributed by atoms with van der Waals surface area (Å²) in [6.07, 6.45) is 2.63. The first-order chi connectivity index (χ1) is 9.70. The van der Waals surface area contributed by atoms with Crippen molar-refractivity contribution in [2.24, 2.45) is 0 Å². The molecule has 2 N–H and O–H groups in total. The maximum absolute atomic E-state index is 9.27. The average Bonchev–Trinajstić information content (AvgIpc) is 2.91. The zero-order valence-corrected chi connectivity index (χ0v) is 12.3. The van der Waals surface area contributed by atoms with Gasteiger partial charge in [0, 0.05) is 22.7 Å². The van der Waals surface area contributed by atoms with Crippen molar-refractivity contribution in [2.75, 3.05) is 0 Å². The van der Waals surface area contributed by atoms with Crippen LogP contribution in [-0.4, -0.2) is 15.1 Å². The van der Waals surface area contributed by atoms with Crippen molar-refractivity contribution in [1.82, 2.24) is 9.97 Å². The van der Waals surface area contributed by atoms with Crippen LogP contribution in [0.15, 0.2) is 59.2 Å². The molecule has 0 radical (unpaired) electrons. The Morgan fingerprint density at radius 2 is 1.70 bits per heavy atom. The van der Waals surface area contributed by atoms with E-state index in [1.54, 1.807) is 12.1 Å². The van der Waals surface area contributed by atoms with Gasteiger partial charge in [-0.2, -0.15) is 0 Å². The lowest BCUT2D eigenvalue weighted by Crippen LogP contribution is -1.90. The van der Waals surface area contributed by atoms with Crippen LogP contribution in [-0.2, 0) is 6.42 Å². The van der Waals surface area contributed by atoms with Crippen LogP contribution < -0.4 is 0 Å². The van der Waals surface area contributed by atoms with Crippen LogP contribution >= 0.6 is 15.9 Å². The Morgan fingerprint density at radius 1 is 1.00 bits per heavy atom. The number of phenols is 1. The summed E-state index contributed by atoms with van der Waals surface area (Å²) in [6.45, 7) is 0. The lowest BCUT2D eigenvalue weighted by atomic mass is 10.1. The second kappa shape index (κ2) is 5.51. The van der Waals surface area contributed by atoms with Crippen LogP contribution in [0.1, 0.15) is 11.4 Å². The van der Waals surface area contributed by atoms with Crippen LogP contribution in [0.2, 0.25) is 0 Å². The van der Waals surface area contributed by atoms with Crippen molar-refractivity contribution in [3.05, 3.63) is 70.6 Å². The highest BCUT2D eigenvalue weighted by Gasteiger charge is 2.05. The van der Waals surface area contributed by atoms with Gasteiger partial charge in [0.25, 0.3) is 0 Å². The van der Waals surface area contributed by atoms with Gasteiger partial charge in [-0.25, -0.2) is 4.98 Å². The van der Waals surface area contributed by atoms with Crippen molar-refractivity contribution < 1.29 is 5.11 Å². The van der Waals surface area contributed by atoms with Crippen molar-refractivity contribution in [2.45, 2.75) is 6.42 Å². The Hall–Kier alpha value is -2.07. The highest BCUT2D eigenvalue weighted by molar-refractivity contribution is 9.10. The molecule has 4 heteroatoms. The summed E-state index contributed by atoms with van der Waals surface area (Å²) >= 11 is 3.42. The van der Waals surface area contributed by atoms with E-state index in [1.165, 1.54) is 0 Å². The quantitative estimate of drug-likeness (QED) is 0.759. The molecule has 0 saturated carbocycles. The van der Waals surface area contributed by atoms with Crippen molar-refractivity contribution in [3.8, 4) is 17.0 Å². The van der Waals surface area contributed by atoms with Crippen LogP contribution in [0.25, 0.3) is 11.3 Å². The summed E-state index contributed by atoms with van der Waals surface area (Å²) in [5, 5.41) is 9.27. The Kier molecular flexibility index (Phi) is 3.56. The second-order valence-corrected chi connectivity index (χ2v) is 5.50. The van der Waals surface area contributed by atoms with Crippen molar-refractivity contribution in [3.63, 3.8) is 0 Å². The SMILES string of the molecule is Oc1ccc(Cc2nc(-c3ccc(Br)cc3)c[nH]2)cc1. The number of aromatic nitrogens is 2. The molecule has 100 valence electrons. The molecule has 2 aromatic carbocycles.